The summed E-state index contributed by atoms with van der Waals surface area (Å²) < 4.78 is 28.2. The highest BCUT2D eigenvalue weighted by atomic mass is 32.2. The molecule has 4 rings (SSSR count). The van der Waals surface area contributed by atoms with Gasteiger partial charge in [-0.25, -0.2) is 14.7 Å². The van der Waals surface area contributed by atoms with Crippen LogP contribution in [-0.4, -0.2) is 36.4 Å². The molecule has 36 heavy (non-hydrogen) atoms. The third kappa shape index (κ3) is 5.56. The first-order chi connectivity index (χ1) is 16.7. The van der Waals surface area contributed by atoms with Crippen molar-refractivity contribution in [3.8, 4) is 0 Å². The number of anilines is 2. The van der Waals surface area contributed by atoms with Crippen molar-refractivity contribution in [1.29, 1.82) is 0 Å². The summed E-state index contributed by atoms with van der Waals surface area (Å²) in [5.74, 6) is 0.779. The SMILES string of the molecule is C[C@@H]1CN(c2nc(C(C)(C)C)c(C=CC3CC3)cc2C(=O)NS(=O)(=O)c2cccc(N)n2)C(C)(C)C1. The Labute approximate surface area is 214 Å². The number of nitrogens with one attached hydrogen (secondary N) is 1. The summed E-state index contributed by atoms with van der Waals surface area (Å²) in [6.07, 6.45) is 7.44. The van der Waals surface area contributed by atoms with Crippen LogP contribution >= 0.6 is 0 Å². The minimum absolute atomic E-state index is 0.0579. The summed E-state index contributed by atoms with van der Waals surface area (Å²) in [5, 5.41) is -0.305. The lowest BCUT2D eigenvalue weighted by molar-refractivity contribution is 0.0981. The van der Waals surface area contributed by atoms with E-state index in [0.29, 0.717) is 17.7 Å². The molecule has 194 valence electrons. The van der Waals surface area contributed by atoms with Gasteiger partial charge in [0.25, 0.3) is 15.9 Å². The zero-order chi connectivity index (χ0) is 26.5. The smallest absolute Gasteiger partial charge is 0.281 e. The molecule has 1 aliphatic carbocycles. The van der Waals surface area contributed by atoms with E-state index in [-0.39, 0.29) is 27.4 Å². The van der Waals surface area contributed by atoms with Crippen molar-refractivity contribution in [3.63, 3.8) is 0 Å². The fourth-order valence-electron chi connectivity index (χ4n) is 4.92. The second-order valence-electron chi connectivity index (χ2n) is 11.8. The molecule has 1 aliphatic heterocycles. The number of carbonyl (C=O) groups excluding carboxylic acids is 1. The standard InChI is InChI=1S/C27H37N5O3S/c1-17-15-27(5,6)32(16-17)24-20(25(33)31-36(34,35)22-9-7-8-21(28)29-22)14-19(13-12-18-10-11-18)23(30-24)26(2,3)4/h7-9,12-14,17-18H,10-11,15-16H2,1-6H3,(H2,28,29)(H,31,33)/t17-/m0/s1. The Hall–Kier alpha value is -2.94. The number of amides is 1. The topological polar surface area (TPSA) is 118 Å². The monoisotopic (exact) mass is 511 g/mol. The van der Waals surface area contributed by atoms with Gasteiger partial charge in [0.15, 0.2) is 5.03 Å². The van der Waals surface area contributed by atoms with Crippen LogP contribution in [0, 0.1) is 11.8 Å². The highest BCUT2D eigenvalue weighted by Gasteiger charge is 2.40. The highest BCUT2D eigenvalue weighted by Crippen LogP contribution is 2.40. The van der Waals surface area contributed by atoms with Gasteiger partial charge in [-0.3, -0.25) is 4.79 Å². The van der Waals surface area contributed by atoms with Crippen LogP contribution in [0.25, 0.3) is 6.08 Å². The van der Waals surface area contributed by atoms with Crippen LogP contribution in [0.4, 0.5) is 11.6 Å². The van der Waals surface area contributed by atoms with E-state index in [0.717, 1.165) is 37.1 Å². The van der Waals surface area contributed by atoms with E-state index in [1.807, 2.05) is 6.08 Å². The first-order valence-electron chi connectivity index (χ1n) is 12.5. The lowest BCUT2D eigenvalue weighted by atomic mass is 9.87. The molecule has 2 fully saturated rings. The lowest BCUT2D eigenvalue weighted by Crippen LogP contribution is -2.41. The van der Waals surface area contributed by atoms with E-state index in [1.54, 1.807) is 6.07 Å². The molecule has 2 aliphatic rings. The van der Waals surface area contributed by atoms with Gasteiger partial charge in [-0.05, 0) is 68.7 Å². The summed E-state index contributed by atoms with van der Waals surface area (Å²) in [7, 11) is -4.23. The van der Waals surface area contributed by atoms with Gasteiger partial charge < -0.3 is 10.6 Å². The molecule has 2 aromatic rings. The van der Waals surface area contributed by atoms with Gasteiger partial charge in [-0.2, -0.15) is 8.42 Å². The van der Waals surface area contributed by atoms with Crippen molar-refractivity contribution in [2.45, 2.75) is 76.8 Å². The quantitative estimate of drug-likeness (QED) is 0.585. The predicted molar refractivity (Wildman–Crippen MR) is 143 cm³/mol. The fourth-order valence-corrected chi connectivity index (χ4v) is 5.86. The number of hydrogen-bond acceptors (Lipinski definition) is 7. The number of nitrogen functional groups attached to an aromatic ring is 1. The third-order valence-electron chi connectivity index (χ3n) is 6.73. The molecule has 9 heteroatoms. The number of sulfonamides is 1. The van der Waals surface area contributed by atoms with Crippen molar-refractivity contribution in [2.75, 3.05) is 17.2 Å². The normalized spacial score (nSPS) is 20.2. The molecule has 3 N–H and O–H groups in total. The van der Waals surface area contributed by atoms with Gasteiger partial charge in [0.1, 0.15) is 11.6 Å². The second-order valence-corrected chi connectivity index (χ2v) is 13.4. The highest BCUT2D eigenvalue weighted by molar-refractivity contribution is 7.90. The van der Waals surface area contributed by atoms with Crippen LogP contribution < -0.4 is 15.4 Å². The molecular weight excluding hydrogens is 474 g/mol. The first-order valence-corrected chi connectivity index (χ1v) is 14.0. The minimum Gasteiger partial charge on any atom is -0.384 e. The zero-order valence-corrected chi connectivity index (χ0v) is 22.8. The Morgan fingerprint density at radius 2 is 1.92 bits per heavy atom. The van der Waals surface area contributed by atoms with E-state index in [2.05, 4.69) is 62.2 Å². The van der Waals surface area contributed by atoms with Gasteiger partial charge in [0.05, 0.1) is 11.3 Å². The molecule has 0 radical (unpaired) electrons. The number of rotatable bonds is 6. The number of aromatic nitrogens is 2. The van der Waals surface area contributed by atoms with Gasteiger partial charge in [0, 0.05) is 17.5 Å². The third-order valence-corrected chi connectivity index (χ3v) is 7.97. The maximum Gasteiger partial charge on any atom is 0.281 e. The van der Waals surface area contributed by atoms with Gasteiger partial charge >= 0.3 is 0 Å². The summed E-state index contributed by atoms with van der Waals surface area (Å²) in [5.41, 5.74) is 7.09. The lowest BCUT2D eigenvalue weighted by Gasteiger charge is -2.35. The maximum absolute atomic E-state index is 13.6. The average Bonchev–Trinajstić information content (AvgIpc) is 3.54. The van der Waals surface area contributed by atoms with Crippen molar-refractivity contribution in [3.05, 3.63) is 47.2 Å². The van der Waals surface area contributed by atoms with E-state index < -0.39 is 15.9 Å². The fraction of sp³-hybridized carbons (Fsp3) is 0.519. The molecule has 0 bridgehead atoms. The summed E-state index contributed by atoms with van der Waals surface area (Å²) in [4.78, 5) is 24.7. The summed E-state index contributed by atoms with van der Waals surface area (Å²) in [6, 6.07) is 6.08. The molecule has 3 heterocycles. The zero-order valence-electron chi connectivity index (χ0n) is 22.0. The average molecular weight is 512 g/mol. The summed E-state index contributed by atoms with van der Waals surface area (Å²) in [6.45, 7) is 13.5. The summed E-state index contributed by atoms with van der Waals surface area (Å²) >= 11 is 0. The van der Waals surface area contributed by atoms with E-state index in [1.165, 1.54) is 18.2 Å². The van der Waals surface area contributed by atoms with Gasteiger partial charge in [-0.1, -0.05) is 45.9 Å². The van der Waals surface area contributed by atoms with Crippen molar-refractivity contribution in [2.24, 2.45) is 11.8 Å². The molecule has 1 atom stereocenters. The van der Waals surface area contributed by atoms with E-state index >= 15 is 0 Å². The molecular formula is C27H37N5O3S. The van der Waals surface area contributed by atoms with E-state index in [4.69, 9.17) is 10.7 Å². The molecule has 1 saturated carbocycles. The molecule has 1 saturated heterocycles. The number of nitrogens with zero attached hydrogens (tertiary/aromatic N) is 3. The van der Waals surface area contributed by atoms with Gasteiger partial charge in [0.2, 0.25) is 0 Å². The van der Waals surface area contributed by atoms with E-state index in [9.17, 15) is 13.2 Å². The van der Waals surface area contributed by atoms with Crippen LogP contribution in [0.5, 0.6) is 0 Å². The van der Waals surface area contributed by atoms with Crippen LogP contribution in [0.15, 0.2) is 35.4 Å². The predicted octanol–water partition coefficient (Wildman–Crippen LogP) is 4.52. The molecule has 0 spiro atoms. The molecule has 2 aromatic heterocycles. The number of carbonyl (C=O) groups is 1. The Bertz CT molecular complexity index is 1310. The number of allylic oxidation sites excluding steroid dienone is 1. The number of nitrogens with two attached hydrogens (primary N) is 1. The largest absolute Gasteiger partial charge is 0.384 e. The van der Waals surface area contributed by atoms with Crippen molar-refractivity contribution < 1.29 is 13.2 Å². The molecule has 0 aromatic carbocycles. The molecule has 8 nitrogen and oxygen atoms in total. The maximum atomic E-state index is 13.6. The number of hydrogen-bond donors (Lipinski definition) is 2. The van der Waals surface area contributed by atoms with Crippen LogP contribution in [0.3, 0.4) is 0 Å². The Morgan fingerprint density at radius 3 is 2.47 bits per heavy atom. The van der Waals surface area contributed by atoms with Gasteiger partial charge in [-0.15, -0.1) is 0 Å². The van der Waals surface area contributed by atoms with Crippen molar-refractivity contribution in [1.82, 2.24) is 14.7 Å². The minimum atomic E-state index is -4.23. The van der Waals surface area contributed by atoms with Crippen molar-refractivity contribution >= 4 is 33.6 Å². The second kappa shape index (κ2) is 9.18. The molecule has 1 amide bonds. The Kier molecular flexibility index (Phi) is 6.66. The van der Waals surface area contributed by atoms with Crippen LogP contribution in [0.2, 0.25) is 0 Å². The number of pyridine rings is 2. The van der Waals surface area contributed by atoms with Crippen LogP contribution in [0.1, 0.15) is 82.4 Å². The Balaban J connectivity index is 1.84. The Morgan fingerprint density at radius 1 is 1.22 bits per heavy atom. The molecule has 0 unspecified atom stereocenters. The first kappa shape index (κ1) is 26.1. The van der Waals surface area contributed by atoms with Crippen LogP contribution in [-0.2, 0) is 15.4 Å².